The first kappa shape index (κ1) is 15.7. The Hall–Kier alpha value is -2.23. The number of rotatable bonds is 2. The zero-order chi connectivity index (χ0) is 16.6. The average Bonchev–Trinajstić information content (AvgIpc) is 2.98. The molecular formula is C19H25N3O. The number of hydrogen-bond acceptors (Lipinski definition) is 1. The molecule has 2 amide bonds. The van der Waals surface area contributed by atoms with Crippen molar-refractivity contribution in [3.8, 4) is 0 Å². The minimum Gasteiger partial charge on any atom is -0.348 e. The Labute approximate surface area is 138 Å². The molecule has 1 aliphatic rings. The van der Waals surface area contributed by atoms with Crippen molar-refractivity contribution in [2.75, 3.05) is 11.9 Å². The molecule has 1 aliphatic heterocycles. The molecule has 1 aromatic heterocycles. The fourth-order valence-electron chi connectivity index (χ4n) is 3.42. The Bertz CT molecular complexity index is 717. The summed E-state index contributed by atoms with van der Waals surface area (Å²) in [7, 11) is 0. The topological polar surface area (TPSA) is 37.3 Å². The molecule has 0 fully saturated rings. The van der Waals surface area contributed by atoms with Gasteiger partial charge in [-0.1, -0.05) is 26.0 Å². The zero-order valence-corrected chi connectivity index (χ0v) is 14.3. The molecule has 1 aromatic carbocycles. The van der Waals surface area contributed by atoms with Gasteiger partial charge in [0, 0.05) is 30.7 Å². The molecule has 3 rings (SSSR count). The van der Waals surface area contributed by atoms with Crippen LogP contribution in [0.5, 0.6) is 0 Å². The fourth-order valence-corrected chi connectivity index (χ4v) is 3.42. The summed E-state index contributed by atoms with van der Waals surface area (Å²) in [4.78, 5) is 14.9. The van der Waals surface area contributed by atoms with Crippen LogP contribution in [0.4, 0.5) is 10.5 Å². The number of nitrogens with one attached hydrogen (secondary N) is 1. The van der Waals surface area contributed by atoms with Crippen LogP contribution in [-0.4, -0.2) is 22.0 Å². The maximum atomic E-state index is 12.9. The lowest BCUT2D eigenvalue weighted by Crippen LogP contribution is -2.45. The van der Waals surface area contributed by atoms with Crippen molar-refractivity contribution in [1.29, 1.82) is 0 Å². The van der Waals surface area contributed by atoms with E-state index in [1.54, 1.807) is 0 Å². The van der Waals surface area contributed by atoms with Crippen LogP contribution < -0.4 is 5.32 Å². The van der Waals surface area contributed by atoms with Crippen LogP contribution in [0.25, 0.3) is 0 Å². The molecule has 4 heteroatoms. The monoisotopic (exact) mass is 311 g/mol. The lowest BCUT2D eigenvalue weighted by Gasteiger charge is -2.39. The minimum atomic E-state index is -0.00940. The summed E-state index contributed by atoms with van der Waals surface area (Å²) in [6.45, 7) is 10.0. The van der Waals surface area contributed by atoms with Gasteiger partial charge >= 0.3 is 6.03 Å². The first-order valence-electron chi connectivity index (χ1n) is 8.28. The van der Waals surface area contributed by atoms with E-state index in [4.69, 9.17) is 0 Å². The summed E-state index contributed by atoms with van der Waals surface area (Å²) in [6, 6.07) is 10.3. The Morgan fingerprint density at radius 3 is 2.70 bits per heavy atom. The number of aromatic nitrogens is 1. The van der Waals surface area contributed by atoms with Gasteiger partial charge in [0.2, 0.25) is 0 Å². The lowest BCUT2D eigenvalue weighted by atomic mass is 9.97. The van der Waals surface area contributed by atoms with Crippen LogP contribution in [0, 0.1) is 19.8 Å². The van der Waals surface area contributed by atoms with Gasteiger partial charge in [-0.25, -0.2) is 4.79 Å². The first-order valence-corrected chi connectivity index (χ1v) is 8.28. The van der Waals surface area contributed by atoms with E-state index in [-0.39, 0.29) is 12.1 Å². The lowest BCUT2D eigenvalue weighted by molar-refractivity contribution is 0.144. The van der Waals surface area contributed by atoms with Crippen molar-refractivity contribution in [1.82, 2.24) is 9.47 Å². The fraction of sp³-hybridized carbons (Fsp3) is 0.421. The number of carbonyl (C=O) groups excluding carboxylic acids is 1. The molecule has 1 N–H and O–H groups in total. The number of benzene rings is 1. The van der Waals surface area contributed by atoms with Crippen LogP contribution in [0.1, 0.15) is 36.7 Å². The van der Waals surface area contributed by atoms with Gasteiger partial charge in [-0.3, -0.25) is 0 Å². The third kappa shape index (κ3) is 2.85. The Morgan fingerprint density at radius 2 is 1.96 bits per heavy atom. The van der Waals surface area contributed by atoms with Crippen molar-refractivity contribution < 1.29 is 4.79 Å². The molecule has 2 aromatic rings. The van der Waals surface area contributed by atoms with E-state index < -0.39 is 0 Å². The van der Waals surface area contributed by atoms with E-state index in [2.05, 4.69) is 55.1 Å². The number of nitrogens with zero attached hydrogens (tertiary/aromatic N) is 2. The van der Waals surface area contributed by atoms with Crippen LogP contribution in [0.2, 0.25) is 0 Å². The van der Waals surface area contributed by atoms with Gasteiger partial charge in [0.1, 0.15) is 0 Å². The number of urea groups is 1. The van der Waals surface area contributed by atoms with E-state index in [9.17, 15) is 4.79 Å². The molecule has 0 unspecified atom stereocenters. The second-order valence-electron chi connectivity index (χ2n) is 6.69. The summed E-state index contributed by atoms with van der Waals surface area (Å²) in [5.41, 5.74) is 4.44. The van der Waals surface area contributed by atoms with E-state index in [0.717, 1.165) is 24.3 Å². The highest BCUT2D eigenvalue weighted by Crippen LogP contribution is 2.33. The van der Waals surface area contributed by atoms with Crippen LogP contribution >= 0.6 is 0 Å². The maximum absolute atomic E-state index is 12.9. The van der Waals surface area contributed by atoms with Gasteiger partial charge in [0.15, 0.2) is 0 Å². The predicted octanol–water partition coefficient (Wildman–Crippen LogP) is 4.35. The summed E-state index contributed by atoms with van der Waals surface area (Å²) in [5, 5.41) is 3.11. The molecule has 2 heterocycles. The number of aryl methyl sites for hydroxylation is 1. The summed E-state index contributed by atoms with van der Waals surface area (Å²) < 4.78 is 2.26. The van der Waals surface area contributed by atoms with Gasteiger partial charge < -0.3 is 14.8 Å². The standard InChI is InChI=1S/C19H25N3O/c1-13(2)18-17-9-6-10-21(17)11-12-22(18)19(23)20-16-8-5-7-14(3)15(16)4/h5-10,13,18H,11-12H2,1-4H3,(H,20,23)/t18-/m0/s1. The van der Waals surface area contributed by atoms with Crippen molar-refractivity contribution in [3.05, 3.63) is 53.3 Å². The highest BCUT2D eigenvalue weighted by Gasteiger charge is 2.33. The summed E-state index contributed by atoms with van der Waals surface area (Å²) in [5.74, 6) is 0.369. The molecule has 122 valence electrons. The summed E-state index contributed by atoms with van der Waals surface area (Å²) >= 11 is 0. The average molecular weight is 311 g/mol. The molecule has 0 spiro atoms. The van der Waals surface area contributed by atoms with Gasteiger partial charge in [-0.05, 0) is 49.1 Å². The molecule has 0 aliphatic carbocycles. The molecule has 1 atom stereocenters. The Morgan fingerprint density at radius 1 is 1.17 bits per heavy atom. The Balaban J connectivity index is 1.86. The van der Waals surface area contributed by atoms with Crippen molar-refractivity contribution >= 4 is 11.7 Å². The number of fused-ring (bicyclic) bond motifs is 1. The number of amides is 2. The van der Waals surface area contributed by atoms with Crippen molar-refractivity contribution in [2.45, 2.75) is 40.3 Å². The maximum Gasteiger partial charge on any atom is 0.322 e. The van der Waals surface area contributed by atoms with Crippen molar-refractivity contribution in [2.24, 2.45) is 5.92 Å². The molecule has 4 nitrogen and oxygen atoms in total. The molecule has 0 bridgehead atoms. The molecule has 0 radical (unpaired) electrons. The zero-order valence-electron chi connectivity index (χ0n) is 14.3. The van der Waals surface area contributed by atoms with E-state index in [1.165, 1.54) is 11.3 Å². The first-order chi connectivity index (χ1) is 11.0. The van der Waals surface area contributed by atoms with Gasteiger partial charge in [-0.15, -0.1) is 0 Å². The van der Waals surface area contributed by atoms with Gasteiger partial charge in [0.25, 0.3) is 0 Å². The molecule has 23 heavy (non-hydrogen) atoms. The molecule has 0 saturated carbocycles. The summed E-state index contributed by atoms with van der Waals surface area (Å²) in [6.07, 6.45) is 2.10. The second-order valence-corrected chi connectivity index (χ2v) is 6.69. The van der Waals surface area contributed by atoms with Crippen LogP contribution in [0.15, 0.2) is 36.5 Å². The highest BCUT2D eigenvalue weighted by atomic mass is 16.2. The van der Waals surface area contributed by atoms with E-state index >= 15 is 0 Å². The largest absolute Gasteiger partial charge is 0.348 e. The second kappa shape index (κ2) is 6.11. The van der Waals surface area contributed by atoms with Crippen LogP contribution in [-0.2, 0) is 6.54 Å². The number of anilines is 1. The third-order valence-electron chi connectivity index (χ3n) is 4.82. The van der Waals surface area contributed by atoms with E-state index in [1.807, 2.05) is 24.0 Å². The van der Waals surface area contributed by atoms with Gasteiger partial charge in [0.05, 0.1) is 6.04 Å². The van der Waals surface area contributed by atoms with Gasteiger partial charge in [-0.2, -0.15) is 0 Å². The third-order valence-corrected chi connectivity index (χ3v) is 4.82. The Kier molecular flexibility index (Phi) is 4.16. The quantitative estimate of drug-likeness (QED) is 0.879. The van der Waals surface area contributed by atoms with Crippen LogP contribution in [0.3, 0.4) is 0 Å². The molecule has 0 saturated heterocycles. The smallest absolute Gasteiger partial charge is 0.322 e. The molecular weight excluding hydrogens is 286 g/mol. The van der Waals surface area contributed by atoms with E-state index in [0.29, 0.717) is 5.92 Å². The highest BCUT2D eigenvalue weighted by molar-refractivity contribution is 5.90. The van der Waals surface area contributed by atoms with Crippen molar-refractivity contribution in [3.63, 3.8) is 0 Å². The predicted molar refractivity (Wildman–Crippen MR) is 93.7 cm³/mol. The number of carbonyl (C=O) groups is 1. The number of hydrogen-bond donors (Lipinski definition) is 1. The minimum absolute atomic E-state index is 0.00940. The SMILES string of the molecule is Cc1cccc(NC(=O)N2CCn3cccc3[C@@H]2C(C)C)c1C. The normalized spacial score (nSPS) is 17.3.